The van der Waals surface area contributed by atoms with Gasteiger partial charge in [-0.25, -0.2) is 19.3 Å². The summed E-state index contributed by atoms with van der Waals surface area (Å²) in [4.78, 5) is 26.9. The lowest BCUT2D eigenvalue weighted by Gasteiger charge is -2.13. The van der Waals surface area contributed by atoms with Gasteiger partial charge in [-0.1, -0.05) is 6.92 Å². The van der Waals surface area contributed by atoms with Gasteiger partial charge in [0.1, 0.15) is 23.7 Å². The first-order valence-corrected chi connectivity index (χ1v) is 9.02. The van der Waals surface area contributed by atoms with E-state index in [1.54, 1.807) is 7.05 Å². The number of aromatic nitrogens is 3. The largest absolute Gasteiger partial charge is 0.370 e. The molecule has 0 aliphatic heterocycles. The van der Waals surface area contributed by atoms with E-state index in [1.807, 2.05) is 11.4 Å². The quantitative estimate of drug-likeness (QED) is 0.713. The summed E-state index contributed by atoms with van der Waals surface area (Å²) < 4.78 is 13.0. The number of hydrogen-bond donors (Lipinski definition) is 1. The third-order valence-electron chi connectivity index (χ3n) is 3.66. The molecule has 0 bridgehead atoms. The summed E-state index contributed by atoms with van der Waals surface area (Å²) in [5.74, 6) is 0.109. The molecule has 134 valence electrons. The van der Waals surface area contributed by atoms with Gasteiger partial charge in [-0.3, -0.25) is 9.69 Å². The van der Waals surface area contributed by atoms with Crippen LogP contribution in [-0.2, 0) is 0 Å². The molecule has 0 fully saturated rings. The van der Waals surface area contributed by atoms with E-state index in [0.717, 1.165) is 18.8 Å². The molecule has 8 heteroatoms. The number of amides is 1. The second-order valence-electron chi connectivity index (χ2n) is 5.60. The maximum atomic E-state index is 13.0. The van der Waals surface area contributed by atoms with E-state index in [-0.39, 0.29) is 11.7 Å². The number of nitrogens with zero attached hydrogens (tertiary/aromatic N) is 4. The molecule has 3 aromatic rings. The molecular formula is C18H18FN5OS. The second-order valence-corrected chi connectivity index (χ2v) is 6.44. The predicted molar refractivity (Wildman–Crippen MR) is 101 cm³/mol. The molecule has 0 aliphatic rings. The summed E-state index contributed by atoms with van der Waals surface area (Å²) >= 11 is 1.34. The average Bonchev–Trinajstić information content (AvgIpc) is 3.16. The summed E-state index contributed by atoms with van der Waals surface area (Å²) in [6, 6.07) is 7.27. The summed E-state index contributed by atoms with van der Waals surface area (Å²) in [5.41, 5.74) is 1.76. The van der Waals surface area contributed by atoms with Gasteiger partial charge in [0.05, 0.1) is 5.69 Å². The van der Waals surface area contributed by atoms with Gasteiger partial charge in [-0.2, -0.15) is 0 Å². The van der Waals surface area contributed by atoms with Gasteiger partial charge >= 0.3 is 0 Å². The maximum absolute atomic E-state index is 13.0. The van der Waals surface area contributed by atoms with Gasteiger partial charge in [0.2, 0.25) is 0 Å². The molecule has 2 aromatic heterocycles. The van der Waals surface area contributed by atoms with Crippen molar-refractivity contribution >= 4 is 28.2 Å². The molecule has 2 heterocycles. The highest BCUT2D eigenvalue weighted by Gasteiger charge is 2.17. The number of nitrogens with one attached hydrogen (secondary N) is 1. The highest BCUT2D eigenvalue weighted by Crippen LogP contribution is 2.27. The highest BCUT2D eigenvalue weighted by molar-refractivity contribution is 7.14. The van der Waals surface area contributed by atoms with E-state index in [2.05, 4.69) is 27.2 Å². The smallest absolute Gasteiger partial charge is 0.259 e. The second kappa shape index (κ2) is 8.01. The lowest BCUT2D eigenvalue weighted by molar-refractivity contribution is 0.0993. The Labute approximate surface area is 154 Å². The molecule has 0 unspecified atom stereocenters. The van der Waals surface area contributed by atoms with Crippen LogP contribution < -0.4 is 10.2 Å². The summed E-state index contributed by atoms with van der Waals surface area (Å²) in [7, 11) is 1.64. The summed E-state index contributed by atoms with van der Waals surface area (Å²) in [6.45, 7) is 2.91. The van der Waals surface area contributed by atoms with Gasteiger partial charge < -0.3 is 5.32 Å². The minimum atomic E-state index is -0.378. The zero-order valence-electron chi connectivity index (χ0n) is 14.4. The Hall–Kier alpha value is -2.87. The molecule has 6 nitrogen and oxygen atoms in total. The Kier molecular flexibility index (Phi) is 5.52. The molecule has 1 amide bonds. The van der Waals surface area contributed by atoms with Crippen LogP contribution in [0.3, 0.4) is 0 Å². The molecule has 3 rings (SSSR count). The Bertz CT molecular complexity index is 897. The minimum absolute atomic E-state index is 0.251. The SMILES string of the molecule is CCCNc1cc(-c2csc(N(C)C(=O)c3ccc(F)cc3)n2)ncn1. The van der Waals surface area contributed by atoms with E-state index in [9.17, 15) is 9.18 Å². The zero-order valence-corrected chi connectivity index (χ0v) is 15.3. The number of carbonyl (C=O) groups is 1. The van der Waals surface area contributed by atoms with Crippen LogP contribution >= 0.6 is 11.3 Å². The topological polar surface area (TPSA) is 71.0 Å². The lowest BCUT2D eigenvalue weighted by atomic mass is 10.2. The lowest BCUT2D eigenvalue weighted by Crippen LogP contribution is -2.26. The third-order valence-corrected chi connectivity index (χ3v) is 4.58. The molecule has 0 spiro atoms. The van der Waals surface area contributed by atoms with Gasteiger partial charge in [0, 0.05) is 30.6 Å². The van der Waals surface area contributed by atoms with Gasteiger partial charge in [0.15, 0.2) is 5.13 Å². The maximum Gasteiger partial charge on any atom is 0.259 e. The molecule has 0 saturated heterocycles. The number of carbonyl (C=O) groups excluding carboxylic acids is 1. The number of benzene rings is 1. The van der Waals surface area contributed by atoms with Crippen LogP contribution in [0, 0.1) is 5.82 Å². The van der Waals surface area contributed by atoms with Crippen molar-refractivity contribution in [2.24, 2.45) is 0 Å². The van der Waals surface area contributed by atoms with Crippen molar-refractivity contribution in [1.29, 1.82) is 0 Å². The fraction of sp³-hybridized carbons (Fsp3) is 0.222. The zero-order chi connectivity index (χ0) is 18.5. The van der Waals surface area contributed by atoms with Crippen molar-refractivity contribution in [3.63, 3.8) is 0 Å². The Balaban J connectivity index is 1.78. The first kappa shape index (κ1) is 17.9. The molecule has 0 radical (unpaired) electrons. The molecule has 1 aromatic carbocycles. The molecular weight excluding hydrogens is 353 g/mol. The van der Waals surface area contributed by atoms with Crippen molar-refractivity contribution < 1.29 is 9.18 Å². The predicted octanol–water partition coefficient (Wildman–Crippen LogP) is 3.84. The van der Waals surface area contributed by atoms with Crippen molar-refractivity contribution in [3.8, 4) is 11.4 Å². The van der Waals surface area contributed by atoms with Crippen LogP contribution in [0.4, 0.5) is 15.3 Å². The van der Waals surface area contributed by atoms with Gasteiger partial charge in [-0.05, 0) is 30.7 Å². The molecule has 0 aliphatic carbocycles. The summed E-state index contributed by atoms with van der Waals surface area (Å²) in [6.07, 6.45) is 2.48. The van der Waals surface area contributed by atoms with Crippen LogP contribution in [0.5, 0.6) is 0 Å². The molecule has 0 saturated carbocycles. The van der Waals surface area contributed by atoms with Crippen LogP contribution in [0.25, 0.3) is 11.4 Å². The van der Waals surface area contributed by atoms with Crippen molar-refractivity contribution in [1.82, 2.24) is 15.0 Å². The van der Waals surface area contributed by atoms with E-state index in [0.29, 0.717) is 22.1 Å². The minimum Gasteiger partial charge on any atom is -0.370 e. The van der Waals surface area contributed by atoms with Crippen LogP contribution in [0.2, 0.25) is 0 Å². The van der Waals surface area contributed by atoms with E-state index >= 15 is 0 Å². The van der Waals surface area contributed by atoms with Crippen LogP contribution in [0.1, 0.15) is 23.7 Å². The fourth-order valence-corrected chi connectivity index (χ4v) is 3.04. The number of thiazole rings is 1. The Morgan fingerprint density at radius 3 is 2.73 bits per heavy atom. The molecule has 0 atom stereocenters. The first-order chi connectivity index (χ1) is 12.6. The third kappa shape index (κ3) is 4.02. The van der Waals surface area contributed by atoms with Crippen molar-refractivity contribution in [2.45, 2.75) is 13.3 Å². The van der Waals surface area contributed by atoms with Gasteiger partial charge in [0.25, 0.3) is 5.91 Å². The number of rotatable bonds is 6. The Morgan fingerprint density at radius 2 is 2.00 bits per heavy atom. The highest BCUT2D eigenvalue weighted by atomic mass is 32.1. The van der Waals surface area contributed by atoms with Crippen LogP contribution in [0.15, 0.2) is 42.0 Å². The standard InChI is InChI=1S/C18H18FN5OS/c1-3-8-20-16-9-14(21-11-22-16)15-10-26-18(23-15)24(2)17(25)12-4-6-13(19)7-5-12/h4-7,9-11H,3,8H2,1-2H3,(H,20,21,22). The summed E-state index contributed by atoms with van der Waals surface area (Å²) in [5, 5.41) is 5.59. The normalized spacial score (nSPS) is 10.6. The van der Waals surface area contributed by atoms with E-state index < -0.39 is 0 Å². The molecule has 1 N–H and O–H groups in total. The van der Waals surface area contributed by atoms with Crippen molar-refractivity contribution in [2.75, 3.05) is 23.8 Å². The van der Waals surface area contributed by atoms with E-state index in [1.165, 1.54) is 46.8 Å². The van der Waals surface area contributed by atoms with Gasteiger partial charge in [-0.15, -0.1) is 11.3 Å². The Morgan fingerprint density at radius 1 is 1.23 bits per heavy atom. The average molecular weight is 371 g/mol. The van der Waals surface area contributed by atoms with Crippen molar-refractivity contribution in [3.05, 3.63) is 53.4 Å². The number of hydrogen-bond acceptors (Lipinski definition) is 6. The molecule has 26 heavy (non-hydrogen) atoms. The number of anilines is 2. The fourth-order valence-electron chi connectivity index (χ4n) is 2.26. The first-order valence-electron chi connectivity index (χ1n) is 8.14. The monoisotopic (exact) mass is 371 g/mol. The van der Waals surface area contributed by atoms with E-state index in [4.69, 9.17) is 0 Å². The van der Waals surface area contributed by atoms with Crippen LogP contribution in [-0.4, -0.2) is 34.5 Å². The number of halogens is 1.